The summed E-state index contributed by atoms with van der Waals surface area (Å²) in [6.45, 7) is 1.18. The summed E-state index contributed by atoms with van der Waals surface area (Å²) >= 11 is 0. The van der Waals surface area contributed by atoms with E-state index in [2.05, 4.69) is 27.6 Å². The minimum atomic E-state index is 0.793. The van der Waals surface area contributed by atoms with Crippen molar-refractivity contribution < 1.29 is 0 Å². The Balaban J connectivity index is 0.000000240. The van der Waals surface area contributed by atoms with Crippen LogP contribution in [0.1, 0.15) is 30.7 Å². The number of rotatable bonds is 1. The van der Waals surface area contributed by atoms with Crippen LogP contribution in [0, 0.1) is 23.2 Å². The maximum atomic E-state index is 6.31. The number of hydrogen-bond acceptors (Lipinski definition) is 4. The summed E-state index contributed by atoms with van der Waals surface area (Å²) in [6.07, 6.45) is 10.3. The smallest absolute Gasteiger partial charge is 0.0654 e. The molecule has 0 amide bonds. The van der Waals surface area contributed by atoms with Crippen LogP contribution in [0.4, 0.5) is 5.69 Å². The zero-order chi connectivity index (χ0) is 15.8. The van der Waals surface area contributed by atoms with E-state index >= 15 is 0 Å². The molecule has 1 aliphatic heterocycles. The fourth-order valence-corrected chi connectivity index (χ4v) is 4.99. The largest absolute Gasteiger partial charge is 0.405 e. The molecule has 5 rings (SSSR count). The molecule has 1 aromatic carbocycles. The molecule has 0 saturated heterocycles. The number of nitrogens with zero attached hydrogens (tertiary/aromatic N) is 1. The van der Waals surface area contributed by atoms with Crippen LogP contribution in [0.3, 0.4) is 0 Å². The molecule has 5 heteroatoms. The fourth-order valence-electron chi connectivity index (χ4n) is 4.99. The van der Waals surface area contributed by atoms with Crippen molar-refractivity contribution in [3.8, 4) is 0 Å². The van der Waals surface area contributed by atoms with E-state index in [-0.39, 0.29) is 0 Å². The minimum Gasteiger partial charge on any atom is -0.405 e. The van der Waals surface area contributed by atoms with Crippen LogP contribution in [-0.4, -0.2) is 23.0 Å². The molecule has 0 spiro atoms. The van der Waals surface area contributed by atoms with E-state index in [1.807, 2.05) is 6.20 Å². The van der Waals surface area contributed by atoms with Gasteiger partial charge in [-0.25, -0.2) is 0 Å². The topological polar surface area (TPSA) is 90.6 Å². The van der Waals surface area contributed by atoms with Crippen molar-refractivity contribution in [1.82, 2.24) is 10.2 Å². The third kappa shape index (κ3) is 2.22. The zero-order valence-electron chi connectivity index (χ0n) is 13.1. The summed E-state index contributed by atoms with van der Waals surface area (Å²) in [7, 11) is 0. The molecule has 0 radical (unpaired) electrons. The highest BCUT2D eigenvalue weighted by Crippen LogP contribution is 2.60. The monoisotopic (exact) mass is 309 g/mol. The van der Waals surface area contributed by atoms with E-state index in [4.69, 9.17) is 11.1 Å². The van der Waals surface area contributed by atoms with Crippen LogP contribution in [0.15, 0.2) is 30.6 Å². The van der Waals surface area contributed by atoms with Gasteiger partial charge in [-0.3, -0.25) is 5.10 Å². The minimum absolute atomic E-state index is 0.793. The van der Waals surface area contributed by atoms with Gasteiger partial charge in [-0.1, -0.05) is 0 Å². The Morgan fingerprint density at radius 3 is 2.91 bits per heavy atom. The molecule has 0 unspecified atom stereocenters. The molecule has 5 nitrogen and oxygen atoms in total. The number of fused-ring (bicyclic) bond motifs is 9. The Morgan fingerprint density at radius 2 is 2.13 bits per heavy atom. The van der Waals surface area contributed by atoms with E-state index in [0.717, 1.165) is 29.9 Å². The fraction of sp³-hybridized carbons (Fsp3) is 0.444. The van der Waals surface area contributed by atoms with Gasteiger partial charge in [0.2, 0.25) is 0 Å². The van der Waals surface area contributed by atoms with Gasteiger partial charge in [0.15, 0.2) is 0 Å². The van der Waals surface area contributed by atoms with Crippen molar-refractivity contribution in [2.75, 3.05) is 11.9 Å². The summed E-state index contributed by atoms with van der Waals surface area (Å²) in [4.78, 5) is 0. The van der Waals surface area contributed by atoms with Crippen LogP contribution in [-0.2, 0) is 0 Å². The quantitative estimate of drug-likeness (QED) is 0.610. The Bertz CT molecular complexity index is 747. The maximum Gasteiger partial charge on any atom is 0.0654 e. The first kappa shape index (κ1) is 14.3. The van der Waals surface area contributed by atoms with Crippen LogP contribution in [0.2, 0.25) is 0 Å². The predicted octanol–water partition coefficient (Wildman–Crippen LogP) is 3.23. The lowest BCUT2D eigenvalue weighted by molar-refractivity contribution is 0.296. The Morgan fingerprint density at radius 1 is 1.26 bits per heavy atom. The second-order valence-electron chi connectivity index (χ2n) is 6.81. The highest BCUT2D eigenvalue weighted by atomic mass is 15.1. The van der Waals surface area contributed by atoms with Crippen molar-refractivity contribution in [1.29, 1.82) is 5.41 Å². The molecule has 2 aromatic rings. The van der Waals surface area contributed by atoms with Gasteiger partial charge in [0.1, 0.15) is 0 Å². The summed E-state index contributed by atoms with van der Waals surface area (Å²) in [5.74, 6) is 3.57. The van der Waals surface area contributed by atoms with Gasteiger partial charge in [0, 0.05) is 23.8 Å². The Kier molecular flexibility index (Phi) is 3.56. The number of nitrogens with one attached hydrogen (secondary N) is 3. The average molecular weight is 309 g/mol. The van der Waals surface area contributed by atoms with Gasteiger partial charge in [0.05, 0.1) is 11.7 Å². The van der Waals surface area contributed by atoms with Crippen molar-refractivity contribution in [2.24, 2.45) is 23.5 Å². The van der Waals surface area contributed by atoms with Crippen LogP contribution in [0.5, 0.6) is 0 Å². The third-order valence-corrected chi connectivity index (χ3v) is 5.82. The number of benzene rings is 1. The highest BCUT2D eigenvalue weighted by Gasteiger charge is 2.50. The number of nitrogens with two attached hydrogens (primary N) is 1. The molecule has 1 aromatic heterocycles. The van der Waals surface area contributed by atoms with E-state index < -0.39 is 0 Å². The highest BCUT2D eigenvalue weighted by molar-refractivity contribution is 5.88. The van der Waals surface area contributed by atoms with Crippen LogP contribution in [0.25, 0.3) is 10.9 Å². The molecule has 2 aliphatic carbocycles. The van der Waals surface area contributed by atoms with Gasteiger partial charge in [-0.05, 0) is 72.9 Å². The first-order valence-corrected chi connectivity index (χ1v) is 8.40. The molecular formula is C18H23N5. The molecule has 2 bridgehead atoms. The first-order valence-electron chi connectivity index (χ1n) is 8.40. The van der Waals surface area contributed by atoms with Gasteiger partial charge >= 0.3 is 0 Å². The second-order valence-corrected chi connectivity index (χ2v) is 6.81. The molecule has 3 aliphatic rings. The summed E-state index contributed by atoms with van der Waals surface area (Å²) in [6, 6.07) is 4.39. The van der Waals surface area contributed by atoms with Crippen molar-refractivity contribution in [3.05, 3.63) is 36.2 Å². The van der Waals surface area contributed by atoms with Crippen molar-refractivity contribution >= 4 is 22.8 Å². The molecule has 2 saturated carbocycles. The number of aromatic amines is 1. The number of H-pyrrole nitrogens is 1. The van der Waals surface area contributed by atoms with E-state index in [1.165, 1.54) is 54.7 Å². The maximum absolute atomic E-state index is 6.31. The lowest BCUT2D eigenvalue weighted by Crippen LogP contribution is -2.32. The Hall–Kier alpha value is -2.30. The lowest BCUT2D eigenvalue weighted by Gasteiger charge is -2.37. The molecule has 2 fully saturated rings. The van der Waals surface area contributed by atoms with E-state index in [1.54, 1.807) is 5.56 Å². The normalized spacial score (nSPS) is 30.4. The van der Waals surface area contributed by atoms with Gasteiger partial charge < -0.3 is 16.5 Å². The lowest BCUT2D eigenvalue weighted by atomic mass is 9.72. The summed E-state index contributed by atoms with van der Waals surface area (Å²) in [5.41, 5.74) is 8.92. The van der Waals surface area contributed by atoms with Crippen LogP contribution >= 0.6 is 0 Å². The average Bonchev–Trinajstić information content (AvgIpc) is 3.31. The number of hydrogen-bond donors (Lipinski definition) is 4. The van der Waals surface area contributed by atoms with E-state index in [0.29, 0.717) is 0 Å². The van der Waals surface area contributed by atoms with Crippen LogP contribution < -0.4 is 11.1 Å². The zero-order valence-corrected chi connectivity index (χ0v) is 13.1. The molecule has 5 N–H and O–H groups in total. The molecule has 2 heterocycles. The third-order valence-electron chi connectivity index (χ3n) is 5.82. The van der Waals surface area contributed by atoms with Crippen molar-refractivity contribution in [2.45, 2.75) is 25.2 Å². The second kappa shape index (κ2) is 5.72. The van der Waals surface area contributed by atoms with Crippen molar-refractivity contribution in [3.63, 3.8) is 0 Å². The number of anilines is 1. The summed E-state index contributed by atoms with van der Waals surface area (Å²) < 4.78 is 0. The summed E-state index contributed by atoms with van der Waals surface area (Å²) in [5, 5.41) is 18.7. The molecule has 23 heavy (non-hydrogen) atoms. The number of allylic oxidation sites excluding steroid dienone is 1. The van der Waals surface area contributed by atoms with Gasteiger partial charge in [0.25, 0.3) is 0 Å². The van der Waals surface area contributed by atoms with E-state index in [9.17, 15) is 0 Å². The Labute approximate surface area is 135 Å². The molecule has 4 atom stereocenters. The predicted molar refractivity (Wildman–Crippen MR) is 93.8 cm³/mol. The van der Waals surface area contributed by atoms with Gasteiger partial charge in [-0.15, -0.1) is 0 Å². The molecular weight excluding hydrogens is 286 g/mol. The first-order chi connectivity index (χ1) is 11.3. The van der Waals surface area contributed by atoms with Gasteiger partial charge in [-0.2, -0.15) is 5.10 Å². The SMILES string of the molecule is N=C/C=C\N.c1cc2[nH]ncc2c2c1NC[C@@H]1[C@@H]3CC[C@H](C3)[C@H]21. The standard InChI is InChI=1S/C15H17N3.C3H6N2/c1-2-9-5-8(1)10-6-16-13-4-3-12-11(7-17-18-12)15(13)14(9)10;4-2-1-3-5/h3-4,7-10,14,16H,1-2,5-6H2,(H,17,18);1-4H,5H2/b;3-1-,4-2?/t8-,9-,10-,14+;/m1./s1. The number of aromatic nitrogens is 2. The molecule has 120 valence electrons.